The Morgan fingerprint density at radius 2 is 1.89 bits per heavy atom. The number of benzene rings is 2. The molecule has 27 heavy (non-hydrogen) atoms. The number of rotatable bonds is 5. The number of halogens is 2. The first-order chi connectivity index (χ1) is 12.7. The molecule has 3 aromatic rings. The maximum atomic E-state index is 13.1. The molecule has 1 aromatic heterocycles. The van der Waals surface area contributed by atoms with Gasteiger partial charge < -0.3 is 14.3 Å². The highest BCUT2D eigenvalue weighted by molar-refractivity contribution is 7.89. The van der Waals surface area contributed by atoms with E-state index in [2.05, 4.69) is 4.74 Å². The Balaban J connectivity index is 2.10. The first kappa shape index (κ1) is 19.5. The normalized spacial score (nSPS) is 11.9. The van der Waals surface area contributed by atoms with Crippen molar-refractivity contribution in [1.82, 2.24) is 4.31 Å². The van der Waals surface area contributed by atoms with Crippen LogP contribution in [-0.2, 0) is 16.6 Å². The van der Waals surface area contributed by atoms with Gasteiger partial charge in [-0.15, -0.1) is 0 Å². The van der Waals surface area contributed by atoms with Gasteiger partial charge in [0.05, 0.1) is 9.92 Å². The van der Waals surface area contributed by atoms with E-state index >= 15 is 0 Å². The fraction of sp³-hybridized carbons (Fsp3) is 0.118. The van der Waals surface area contributed by atoms with Gasteiger partial charge in [0.2, 0.25) is 10.0 Å². The number of hydrogen-bond donors (Lipinski definition) is 1. The highest BCUT2D eigenvalue weighted by Crippen LogP contribution is 2.40. The first-order valence-electron chi connectivity index (χ1n) is 7.52. The van der Waals surface area contributed by atoms with E-state index in [0.717, 1.165) is 15.9 Å². The lowest BCUT2D eigenvalue weighted by Gasteiger charge is -2.18. The van der Waals surface area contributed by atoms with Crippen LogP contribution >= 0.6 is 23.2 Å². The van der Waals surface area contributed by atoms with Gasteiger partial charge in [0.25, 0.3) is 5.95 Å². The van der Waals surface area contributed by atoms with Crippen LogP contribution in [0, 0.1) is 0 Å². The summed E-state index contributed by atoms with van der Waals surface area (Å²) in [5, 5.41) is 8.71. The van der Waals surface area contributed by atoms with Crippen molar-refractivity contribution in [3.63, 3.8) is 0 Å². The number of carboxylic acid groups (broad SMARTS) is 1. The smallest absolute Gasteiger partial charge is 0.449 e. The van der Waals surface area contributed by atoms with Gasteiger partial charge in [0.15, 0.2) is 5.58 Å². The molecule has 0 unspecified atom stereocenters. The molecule has 0 saturated heterocycles. The van der Waals surface area contributed by atoms with Gasteiger partial charge in [-0.05, 0) is 11.6 Å². The van der Waals surface area contributed by atoms with Crippen LogP contribution in [0.15, 0.2) is 51.8 Å². The fourth-order valence-electron chi connectivity index (χ4n) is 2.52. The third kappa shape index (κ3) is 3.89. The lowest BCUT2D eigenvalue weighted by molar-refractivity contribution is 0.134. The maximum absolute atomic E-state index is 13.1. The summed E-state index contributed by atoms with van der Waals surface area (Å²) in [6, 6.07) is 11.4. The third-order valence-electron chi connectivity index (χ3n) is 3.77. The Kier molecular flexibility index (Phi) is 5.34. The molecule has 3 rings (SSSR count). The Morgan fingerprint density at radius 1 is 1.22 bits per heavy atom. The summed E-state index contributed by atoms with van der Waals surface area (Å²) in [4.78, 5) is 10.6. The van der Waals surface area contributed by atoms with Crippen LogP contribution in [0.2, 0.25) is 10.0 Å². The van der Waals surface area contributed by atoms with E-state index in [1.54, 1.807) is 24.3 Å². The van der Waals surface area contributed by atoms with E-state index in [-0.39, 0.29) is 32.5 Å². The molecule has 10 heteroatoms. The van der Waals surface area contributed by atoms with Crippen molar-refractivity contribution in [2.45, 2.75) is 11.4 Å². The molecule has 2 aromatic carbocycles. The average molecular weight is 430 g/mol. The highest BCUT2D eigenvalue weighted by Gasteiger charge is 2.28. The Labute approximate surface area is 164 Å². The molecule has 7 nitrogen and oxygen atoms in total. The minimum absolute atomic E-state index is 0.0448. The van der Waals surface area contributed by atoms with Gasteiger partial charge in [-0.1, -0.05) is 53.5 Å². The molecule has 0 aliphatic carbocycles. The number of ether oxygens (including phenoxy) is 1. The van der Waals surface area contributed by atoms with E-state index in [0.29, 0.717) is 0 Å². The fourth-order valence-corrected chi connectivity index (χ4v) is 4.33. The molecular formula is C17H13Cl2NO6S. The molecule has 1 N–H and O–H groups in total. The van der Waals surface area contributed by atoms with Crippen molar-refractivity contribution >= 4 is 50.3 Å². The number of carbonyl (C=O) groups is 1. The Hall–Kier alpha value is -2.26. The lowest BCUT2D eigenvalue weighted by Crippen LogP contribution is -2.26. The van der Waals surface area contributed by atoms with Crippen molar-refractivity contribution in [1.29, 1.82) is 0 Å². The third-order valence-corrected chi connectivity index (χ3v) is 6.38. The van der Waals surface area contributed by atoms with Crippen molar-refractivity contribution in [3.8, 4) is 5.95 Å². The van der Waals surface area contributed by atoms with Crippen LogP contribution in [-0.4, -0.2) is 31.0 Å². The summed E-state index contributed by atoms with van der Waals surface area (Å²) in [6.45, 7) is 0.126. The summed E-state index contributed by atoms with van der Waals surface area (Å²) >= 11 is 12.1. The molecule has 142 valence electrons. The maximum Gasteiger partial charge on any atom is 0.513 e. The summed E-state index contributed by atoms with van der Waals surface area (Å²) in [6.07, 6.45) is -1.61. The quantitative estimate of drug-likeness (QED) is 0.594. The number of nitrogens with zero attached hydrogens (tertiary/aromatic N) is 1. The summed E-state index contributed by atoms with van der Waals surface area (Å²) < 4.78 is 37.0. The Bertz CT molecular complexity index is 1110. The van der Waals surface area contributed by atoms with E-state index in [1.807, 2.05) is 6.07 Å². The number of hydrogen-bond acceptors (Lipinski definition) is 5. The van der Waals surface area contributed by atoms with Gasteiger partial charge in [-0.2, -0.15) is 4.31 Å². The minimum atomic E-state index is -3.99. The second-order valence-corrected chi connectivity index (χ2v) is 8.39. The van der Waals surface area contributed by atoms with Crippen LogP contribution in [0.3, 0.4) is 0 Å². The van der Waals surface area contributed by atoms with Gasteiger partial charge in [-0.3, -0.25) is 0 Å². The topological polar surface area (TPSA) is 97.0 Å². The lowest BCUT2D eigenvalue weighted by atomic mass is 10.2. The predicted octanol–water partition coefficient (Wildman–Crippen LogP) is 4.62. The largest absolute Gasteiger partial charge is 0.513 e. The van der Waals surface area contributed by atoms with E-state index in [1.165, 1.54) is 13.1 Å². The van der Waals surface area contributed by atoms with Crippen molar-refractivity contribution < 1.29 is 27.5 Å². The second-order valence-electron chi connectivity index (χ2n) is 5.59. The number of furan rings is 1. The molecule has 0 atom stereocenters. The van der Waals surface area contributed by atoms with Crippen LogP contribution in [0.1, 0.15) is 5.56 Å². The van der Waals surface area contributed by atoms with Crippen LogP contribution in [0.5, 0.6) is 5.95 Å². The van der Waals surface area contributed by atoms with Gasteiger partial charge in [0, 0.05) is 25.0 Å². The molecule has 0 aliphatic rings. The SMILES string of the molecule is CN(Cc1ccccc1)S(=O)(=O)c1cc(Cl)c(Cl)c2oc(OC(=O)O)cc12. The van der Waals surface area contributed by atoms with Crippen LogP contribution < -0.4 is 4.74 Å². The monoisotopic (exact) mass is 429 g/mol. The van der Waals surface area contributed by atoms with Crippen LogP contribution in [0.25, 0.3) is 11.0 Å². The molecule has 1 heterocycles. The van der Waals surface area contributed by atoms with E-state index in [4.69, 9.17) is 32.7 Å². The van der Waals surface area contributed by atoms with Gasteiger partial charge in [-0.25, -0.2) is 13.2 Å². The second kappa shape index (κ2) is 7.40. The zero-order chi connectivity index (χ0) is 19.8. The summed E-state index contributed by atoms with van der Waals surface area (Å²) in [7, 11) is -2.57. The minimum Gasteiger partial charge on any atom is -0.449 e. The molecule has 0 bridgehead atoms. The standard InChI is InChI=1S/C17H13Cl2NO6S/c1-20(9-10-5-3-2-4-6-10)27(23,24)13-8-12(18)15(19)16-11(13)7-14(25-16)26-17(21)22/h2-8H,9H2,1H3,(H,21,22). The summed E-state index contributed by atoms with van der Waals surface area (Å²) in [5.74, 6) is -0.413. The zero-order valence-corrected chi connectivity index (χ0v) is 16.2. The van der Waals surface area contributed by atoms with E-state index in [9.17, 15) is 13.2 Å². The molecule has 0 fully saturated rings. The van der Waals surface area contributed by atoms with Crippen molar-refractivity contribution in [3.05, 3.63) is 58.1 Å². The molecule has 0 radical (unpaired) electrons. The number of fused-ring (bicyclic) bond motifs is 1. The Morgan fingerprint density at radius 3 is 2.52 bits per heavy atom. The molecule has 0 aliphatic heterocycles. The first-order valence-corrected chi connectivity index (χ1v) is 9.72. The summed E-state index contributed by atoms with van der Waals surface area (Å²) in [5.41, 5.74) is 0.717. The van der Waals surface area contributed by atoms with Gasteiger partial charge >= 0.3 is 6.16 Å². The van der Waals surface area contributed by atoms with Gasteiger partial charge in [0.1, 0.15) is 5.02 Å². The predicted molar refractivity (Wildman–Crippen MR) is 100.0 cm³/mol. The molecule has 0 amide bonds. The average Bonchev–Trinajstić information content (AvgIpc) is 3.01. The van der Waals surface area contributed by atoms with Crippen LogP contribution in [0.4, 0.5) is 4.79 Å². The molecular weight excluding hydrogens is 417 g/mol. The number of sulfonamides is 1. The zero-order valence-electron chi connectivity index (χ0n) is 13.8. The van der Waals surface area contributed by atoms with Crippen molar-refractivity contribution in [2.24, 2.45) is 0 Å². The molecule has 0 spiro atoms. The van der Waals surface area contributed by atoms with Crippen molar-refractivity contribution in [2.75, 3.05) is 7.05 Å². The highest BCUT2D eigenvalue weighted by atomic mass is 35.5. The van der Waals surface area contributed by atoms with E-state index < -0.39 is 22.1 Å². The molecule has 0 saturated carbocycles.